The van der Waals surface area contributed by atoms with E-state index >= 15 is 0 Å². The van der Waals surface area contributed by atoms with Gasteiger partial charge in [-0.15, -0.1) is 11.3 Å². The first-order valence-electron chi connectivity index (χ1n) is 5.98. The van der Waals surface area contributed by atoms with Crippen LogP contribution >= 0.6 is 11.3 Å². The smallest absolute Gasteiger partial charge is 0.358 e. The number of aromatic nitrogens is 1. The van der Waals surface area contributed by atoms with Crippen molar-refractivity contribution in [1.82, 2.24) is 4.98 Å². The van der Waals surface area contributed by atoms with Gasteiger partial charge in [0.2, 0.25) is 0 Å². The van der Waals surface area contributed by atoms with Crippen LogP contribution in [0.3, 0.4) is 0 Å². The molecule has 0 bridgehead atoms. The van der Waals surface area contributed by atoms with E-state index in [1.54, 1.807) is 6.92 Å². The summed E-state index contributed by atoms with van der Waals surface area (Å²) in [5.41, 5.74) is 5.57. The highest BCUT2D eigenvalue weighted by molar-refractivity contribution is 7.14. The third-order valence-corrected chi connectivity index (χ3v) is 3.52. The fraction of sp³-hybridized carbons (Fsp3) is 0.583. The van der Waals surface area contributed by atoms with Crippen LogP contribution in [0.25, 0.3) is 0 Å². The van der Waals surface area contributed by atoms with Crippen LogP contribution in [0.4, 0.5) is 0 Å². The molecule has 0 atom stereocenters. The van der Waals surface area contributed by atoms with Crippen LogP contribution < -0.4 is 5.73 Å². The molecule has 1 aromatic heterocycles. The topological polar surface area (TPSA) is 82.3 Å². The Labute approximate surface area is 110 Å². The molecule has 6 heteroatoms. The van der Waals surface area contributed by atoms with E-state index in [9.17, 15) is 9.59 Å². The molecule has 0 unspecified atom stereocenters. The number of ketones is 1. The van der Waals surface area contributed by atoms with Gasteiger partial charge in [-0.25, -0.2) is 9.78 Å². The first-order chi connectivity index (χ1) is 8.60. The van der Waals surface area contributed by atoms with Crippen molar-refractivity contribution in [1.29, 1.82) is 0 Å². The molecule has 0 aliphatic rings. The largest absolute Gasteiger partial charge is 0.461 e. The van der Waals surface area contributed by atoms with Gasteiger partial charge in [-0.1, -0.05) is 0 Å². The second-order valence-corrected chi connectivity index (χ2v) is 4.89. The summed E-state index contributed by atoms with van der Waals surface area (Å²) in [4.78, 5) is 27.7. The maximum absolute atomic E-state index is 11.7. The van der Waals surface area contributed by atoms with Gasteiger partial charge in [0.15, 0.2) is 11.5 Å². The molecule has 0 aliphatic heterocycles. The summed E-state index contributed by atoms with van der Waals surface area (Å²) in [6.45, 7) is 4.06. The van der Waals surface area contributed by atoms with Crippen LogP contribution in [0, 0.1) is 0 Å². The lowest BCUT2D eigenvalue weighted by Crippen LogP contribution is -2.09. The molecule has 0 fully saturated rings. The number of nitrogens with zero attached hydrogens (tertiary/aromatic N) is 1. The Bertz CT molecular complexity index is 429. The number of unbranched alkanes of at least 4 members (excludes halogenated alkanes) is 1. The van der Waals surface area contributed by atoms with E-state index in [1.807, 2.05) is 0 Å². The van der Waals surface area contributed by atoms with Crippen molar-refractivity contribution < 1.29 is 14.3 Å². The second-order valence-electron chi connectivity index (χ2n) is 3.81. The van der Waals surface area contributed by atoms with E-state index in [1.165, 1.54) is 18.3 Å². The Balaban J connectivity index is 2.87. The quantitative estimate of drug-likeness (QED) is 0.464. The highest BCUT2D eigenvalue weighted by atomic mass is 32.1. The molecule has 5 nitrogen and oxygen atoms in total. The number of carbonyl (C=O) groups is 2. The molecule has 2 N–H and O–H groups in total. The average Bonchev–Trinajstić information content (AvgIpc) is 2.74. The summed E-state index contributed by atoms with van der Waals surface area (Å²) in [5.74, 6) is -0.676. The van der Waals surface area contributed by atoms with Gasteiger partial charge >= 0.3 is 5.97 Å². The van der Waals surface area contributed by atoms with Gasteiger partial charge in [0.05, 0.1) is 11.6 Å². The Morgan fingerprint density at radius 3 is 2.67 bits per heavy atom. The lowest BCUT2D eigenvalue weighted by molar-refractivity contribution is 0.0517. The summed E-state index contributed by atoms with van der Waals surface area (Å²) in [6.07, 6.45) is 2.55. The molecular formula is C12H18N2O3S. The number of hydrogen-bond donors (Lipinski definition) is 1. The minimum absolute atomic E-state index is 0.150. The lowest BCUT2D eigenvalue weighted by Gasteiger charge is -1.98. The van der Waals surface area contributed by atoms with Crippen LogP contribution in [0.5, 0.6) is 0 Å². The van der Waals surface area contributed by atoms with E-state index in [2.05, 4.69) is 4.98 Å². The molecule has 1 aromatic rings. The Hall–Kier alpha value is -1.27. The first-order valence-corrected chi connectivity index (χ1v) is 6.79. The number of Topliss-reactive ketones (excluding diaryl/α,β-unsaturated/α-hetero) is 1. The maximum atomic E-state index is 11.7. The predicted molar refractivity (Wildman–Crippen MR) is 70.1 cm³/mol. The third-order valence-electron chi connectivity index (χ3n) is 2.30. The summed E-state index contributed by atoms with van der Waals surface area (Å²) >= 11 is 1.27. The standard InChI is InChI=1S/C12H18N2O3S/c1-3-17-12(16)10-11(8(2)15)18-9(14-10)6-4-5-7-13/h3-7,13H2,1-2H3. The van der Waals surface area contributed by atoms with Crippen molar-refractivity contribution in [3.05, 3.63) is 15.6 Å². The molecule has 0 saturated heterocycles. The monoisotopic (exact) mass is 270 g/mol. The number of rotatable bonds is 7. The molecule has 0 spiro atoms. The van der Waals surface area contributed by atoms with Crippen LogP contribution in [0.1, 0.15) is 51.9 Å². The van der Waals surface area contributed by atoms with Crippen LogP contribution in [0.2, 0.25) is 0 Å². The van der Waals surface area contributed by atoms with Crippen molar-refractivity contribution in [2.24, 2.45) is 5.73 Å². The van der Waals surface area contributed by atoms with Gasteiger partial charge in [-0.3, -0.25) is 4.79 Å². The van der Waals surface area contributed by atoms with Gasteiger partial charge in [0.1, 0.15) is 4.88 Å². The van der Waals surface area contributed by atoms with Crippen LogP contribution in [-0.2, 0) is 11.2 Å². The van der Waals surface area contributed by atoms with E-state index in [0.717, 1.165) is 24.3 Å². The molecule has 0 saturated carbocycles. The van der Waals surface area contributed by atoms with Crippen molar-refractivity contribution in [3.8, 4) is 0 Å². The number of hydrogen-bond acceptors (Lipinski definition) is 6. The fourth-order valence-electron chi connectivity index (χ4n) is 1.47. The first kappa shape index (κ1) is 14.8. The van der Waals surface area contributed by atoms with Gasteiger partial charge in [0, 0.05) is 6.92 Å². The molecule has 1 rings (SSSR count). The van der Waals surface area contributed by atoms with Crippen LogP contribution in [0.15, 0.2) is 0 Å². The number of carbonyl (C=O) groups excluding carboxylic acids is 2. The summed E-state index contributed by atoms with van der Waals surface area (Å²) in [6, 6.07) is 0. The normalized spacial score (nSPS) is 10.4. The minimum atomic E-state index is -0.524. The maximum Gasteiger partial charge on any atom is 0.358 e. The van der Waals surface area contributed by atoms with E-state index < -0.39 is 5.97 Å². The van der Waals surface area contributed by atoms with Gasteiger partial charge in [0.25, 0.3) is 0 Å². The summed E-state index contributed by atoms with van der Waals surface area (Å²) in [7, 11) is 0. The highest BCUT2D eigenvalue weighted by Crippen LogP contribution is 2.21. The van der Waals surface area contributed by atoms with Gasteiger partial charge < -0.3 is 10.5 Å². The lowest BCUT2D eigenvalue weighted by atomic mass is 10.2. The van der Waals surface area contributed by atoms with Crippen molar-refractivity contribution >= 4 is 23.1 Å². The Kier molecular flexibility index (Phi) is 5.94. The molecule has 0 aromatic carbocycles. The molecular weight excluding hydrogens is 252 g/mol. The fourth-order valence-corrected chi connectivity index (χ4v) is 2.46. The zero-order valence-electron chi connectivity index (χ0n) is 10.7. The molecule has 1 heterocycles. The number of nitrogens with two attached hydrogens (primary N) is 1. The van der Waals surface area contributed by atoms with Crippen molar-refractivity contribution in [2.75, 3.05) is 13.2 Å². The highest BCUT2D eigenvalue weighted by Gasteiger charge is 2.21. The molecule has 0 radical (unpaired) electrons. The Morgan fingerprint density at radius 2 is 2.11 bits per heavy atom. The number of ether oxygens (including phenoxy) is 1. The SMILES string of the molecule is CCOC(=O)c1nc(CCCCN)sc1C(C)=O. The number of thiazole rings is 1. The number of aryl methyl sites for hydroxylation is 1. The summed E-state index contributed by atoms with van der Waals surface area (Å²) in [5, 5.41) is 0.789. The second kappa shape index (κ2) is 7.23. The van der Waals surface area contributed by atoms with Gasteiger partial charge in [-0.05, 0) is 32.7 Å². The zero-order valence-corrected chi connectivity index (χ0v) is 11.5. The van der Waals surface area contributed by atoms with Crippen LogP contribution in [-0.4, -0.2) is 29.9 Å². The van der Waals surface area contributed by atoms with E-state index in [0.29, 0.717) is 11.4 Å². The van der Waals surface area contributed by atoms with Gasteiger partial charge in [-0.2, -0.15) is 0 Å². The van der Waals surface area contributed by atoms with Crippen molar-refractivity contribution in [2.45, 2.75) is 33.1 Å². The zero-order chi connectivity index (χ0) is 13.5. The third kappa shape index (κ3) is 3.89. The molecule has 18 heavy (non-hydrogen) atoms. The average molecular weight is 270 g/mol. The van der Waals surface area contributed by atoms with Crippen molar-refractivity contribution in [3.63, 3.8) is 0 Å². The summed E-state index contributed by atoms with van der Waals surface area (Å²) < 4.78 is 4.89. The predicted octanol–water partition coefficient (Wildman–Crippen LogP) is 1.80. The van der Waals surface area contributed by atoms with E-state index in [-0.39, 0.29) is 18.1 Å². The number of esters is 1. The molecule has 0 amide bonds. The Morgan fingerprint density at radius 1 is 1.39 bits per heavy atom. The van der Waals surface area contributed by atoms with E-state index in [4.69, 9.17) is 10.5 Å². The molecule has 100 valence electrons. The minimum Gasteiger partial charge on any atom is -0.461 e. The molecule has 0 aliphatic carbocycles.